The first-order chi connectivity index (χ1) is 11.4. The fraction of sp³-hybridized carbons (Fsp3) is 0.176. The van der Waals surface area contributed by atoms with Gasteiger partial charge in [-0.3, -0.25) is 4.79 Å². The van der Waals surface area contributed by atoms with Crippen LogP contribution in [0, 0.1) is 6.92 Å². The third kappa shape index (κ3) is 4.40. The van der Waals surface area contributed by atoms with Crippen LogP contribution in [0.5, 0.6) is 0 Å². The minimum Gasteiger partial charge on any atom is -0.465 e. The lowest BCUT2D eigenvalue weighted by atomic mass is 10.2. The predicted molar refractivity (Wildman–Crippen MR) is 96.1 cm³/mol. The zero-order chi connectivity index (χ0) is 17.7. The molecule has 2 rings (SSSR count). The number of hydrogen-bond donors (Lipinski definition) is 2. The largest absolute Gasteiger partial charge is 0.465 e. The van der Waals surface area contributed by atoms with E-state index in [1.54, 1.807) is 12.1 Å². The van der Waals surface area contributed by atoms with Crippen molar-refractivity contribution in [2.24, 2.45) is 0 Å². The average molecular weight is 367 g/mol. The van der Waals surface area contributed by atoms with Crippen molar-refractivity contribution >= 4 is 46.5 Å². The number of nitrogens with one attached hydrogen (secondary N) is 2. The Kier molecular flexibility index (Phi) is 6.06. The van der Waals surface area contributed by atoms with Crippen LogP contribution in [0.15, 0.2) is 36.4 Å². The van der Waals surface area contributed by atoms with Crippen molar-refractivity contribution in [3.05, 3.63) is 57.6 Å². The number of rotatable bonds is 5. The number of ether oxygens (including phenoxy) is 1. The molecule has 0 aromatic heterocycles. The molecule has 0 atom stereocenters. The second-order valence-corrected chi connectivity index (χ2v) is 5.81. The van der Waals surface area contributed by atoms with E-state index in [4.69, 9.17) is 23.2 Å². The molecule has 0 fully saturated rings. The maximum absolute atomic E-state index is 12.1. The molecule has 126 valence electrons. The molecule has 0 unspecified atom stereocenters. The van der Waals surface area contributed by atoms with E-state index in [0.717, 1.165) is 11.3 Å². The Hall–Kier alpha value is -2.24. The third-order valence-corrected chi connectivity index (χ3v) is 4.11. The van der Waals surface area contributed by atoms with Gasteiger partial charge in [-0.25, -0.2) is 4.79 Å². The summed E-state index contributed by atoms with van der Waals surface area (Å²) in [6.45, 7) is 1.89. The quantitative estimate of drug-likeness (QED) is 0.780. The summed E-state index contributed by atoms with van der Waals surface area (Å²) < 4.78 is 4.65. The van der Waals surface area contributed by atoms with Gasteiger partial charge in [0.1, 0.15) is 0 Å². The molecule has 1 amide bonds. The van der Waals surface area contributed by atoms with Crippen molar-refractivity contribution in [3.63, 3.8) is 0 Å². The van der Waals surface area contributed by atoms with E-state index in [-0.39, 0.29) is 12.5 Å². The molecule has 2 aromatic carbocycles. The second-order valence-electron chi connectivity index (χ2n) is 5.00. The summed E-state index contributed by atoms with van der Waals surface area (Å²) >= 11 is 12.1. The van der Waals surface area contributed by atoms with Crippen molar-refractivity contribution in [2.45, 2.75) is 6.92 Å². The van der Waals surface area contributed by atoms with Crippen LogP contribution in [0.1, 0.15) is 15.9 Å². The third-order valence-electron chi connectivity index (χ3n) is 3.37. The number of hydrogen-bond acceptors (Lipinski definition) is 4. The number of amides is 1. The molecule has 5 nitrogen and oxygen atoms in total. The lowest BCUT2D eigenvalue weighted by molar-refractivity contribution is -0.114. The SMILES string of the molecule is COC(=O)c1ccc(Cl)c(NC(=O)CNc2cccc(Cl)c2C)c1. The van der Waals surface area contributed by atoms with Crippen molar-refractivity contribution < 1.29 is 14.3 Å². The summed E-state index contributed by atoms with van der Waals surface area (Å²) in [6.07, 6.45) is 0. The molecule has 7 heteroatoms. The summed E-state index contributed by atoms with van der Waals surface area (Å²) in [7, 11) is 1.28. The van der Waals surface area contributed by atoms with Crippen molar-refractivity contribution in [2.75, 3.05) is 24.3 Å². The number of esters is 1. The van der Waals surface area contributed by atoms with Crippen LogP contribution in [-0.4, -0.2) is 25.5 Å². The van der Waals surface area contributed by atoms with Gasteiger partial charge in [0, 0.05) is 10.7 Å². The molecule has 2 aromatic rings. The van der Waals surface area contributed by atoms with Gasteiger partial charge in [-0.05, 0) is 42.8 Å². The Labute approximate surface area is 149 Å². The van der Waals surface area contributed by atoms with Gasteiger partial charge in [0.2, 0.25) is 5.91 Å². The van der Waals surface area contributed by atoms with Crippen LogP contribution in [-0.2, 0) is 9.53 Å². The van der Waals surface area contributed by atoms with Crippen LogP contribution in [0.2, 0.25) is 10.0 Å². The zero-order valence-electron chi connectivity index (χ0n) is 13.2. The van der Waals surface area contributed by atoms with E-state index in [9.17, 15) is 9.59 Å². The molecule has 0 heterocycles. The van der Waals surface area contributed by atoms with E-state index in [2.05, 4.69) is 15.4 Å². The minimum absolute atomic E-state index is 0.0277. The number of anilines is 2. The highest BCUT2D eigenvalue weighted by atomic mass is 35.5. The fourth-order valence-electron chi connectivity index (χ4n) is 2.03. The molecule has 0 bridgehead atoms. The lowest BCUT2D eigenvalue weighted by Gasteiger charge is -2.12. The Balaban J connectivity index is 2.04. The van der Waals surface area contributed by atoms with Gasteiger partial charge in [-0.15, -0.1) is 0 Å². The Bertz CT molecular complexity index is 778. The van der Waals surface area contributed by atoms with Gasteiger partial charge < -0.3 is 15.4 Å². The van der Waals surface area contributed by atoms with Gasteiger partial charge in [-0.1, -0.05) is 29.3 Å². The van der Waals surface area contributed by atoms with Crippen LogP contribution < -0.4 is 10.6 Å². The van der Waals surface area contributed by atoms with Crippen LogP contribution >= 0.6 is 23.2 Å². The highest BCUT2D eigenvalue weighted by Crippen LogP contribution is 2.24. The van der Waals surface area contributed by atoms with Crippen molar-refractivity contribution in [1.29, 1.82) is 0 Å². The number of halogens is 2. The summed E-state index contributed by atoms with van der Waals surface area (Å²) in [5, 5.41) is 6.62. The number of methoxy groups -OCH3 is 1. The molecule has 0 saturated carbocycles. The summed E-state index contributed by atoms with van der Waals surface area (Å²) in [4.78, 5) is 23.6. The molecule has 0 aliphatic heterocycles. The van der Waals surface area contributed by atoms with E-state index < -0.39 is 5.97 Å². The molecular weight excluding hydrogens is 351 g/mol. The average Bonchev–Trinajstić information content (AvgIpc) is 2.57. The van der Waals surface area contributed by atoms with Crippen LogP contribution in [0.3, 0.4) is 0 Å². The smallest absolute Gasteiger partial charge is 0.337 e. The van der Waals surface area contributed by atoms with Gasteiger partial charge in [0.05, 0.1) is 29.9 Å². The van der Waals surface area contributed by atoms with Crippen molar-refractivity contribution in [1.82, 2.24) is 0 Å². The van der Waals surface area contributed by atoms with Gasteiger partial charge in [-0.2, -0.15) is 0 Å². The maximum atomic E-state index is 12.1. The van der Waals surface area contributed by atoms with E-state index >= 15 is 0 Å². The van der Waals surface area contributed by atoms with Crippen LogP contribution in [0.25, 0.3) is 0 Å². The Morgan fingerprint density at radius 3 is 2.54 bits per heavy atom. The number of carbonyl (C=O) groups excluding carboxylic acids is 2. The normalized spacial score (nSPS) is 10.2. The Morgan fingerprint density at radius 2 is 1.83 bits per heavy atom. The number of benzene rings is 2. The molecule has 0 aliphatic rings. The lowest BCUT2D eigenvalue weighted by Crippen LogP contribution is -2.22. The number of carbonyl (C=O) groups is 2. The maximum Gasteiger partial charge on any atom is 0.337 e. The highest BCUT2D eigenvalue weighted by Gasteiger charge is 2.11. The van der Waals surface area contributed by atoms with E-state index in [1.165, 1.54) is 25.3 Å². The van der Waals surface area contributed by atoms with Gasteiger partial charge >= 0.3 is 5.97 Å². The standard InChI is InChI=1S/C17H16Cl2N2O3/c1-10-12(18)4-3-5-14(10)20-9-16(22)21-15-8-11(17(23)24-2)6-7-13(15)19/h3-8,20H,9H2,1-2H3,(H,21,22). The predicted octanol–water partition coefficient (Wildman–Crippen LogP) is 4.14. The topological polar surface area (TPSA) is 67.4 Å². The molecule has 0 aliphatic carbocycles. The zero-order valence-corrected chi connectivity index (χ0v) is 14.7. The molecular formula is C17H16Cl2N2O3. The van der Waals surface area contributed by atoms with Gasteiger partial charge in [0.25, 0.3) is 0 Å². The fourth-order valence-corrected chi connectivity index (χ4v) is 2.37. The van der Waals surface area contributed by atoms with Gasteiger partial charge in [0.15, 0.2) is 0 Å². The Morgan fingerprint density at radius 1 is 1.08 bits per heavy atom. The highest BCUT2D eigenvalue weighted by molar-refractivity contribution is 6.34. The summed E-state index contributed by atoms with van der Waals surface area (Å²) in [5.74, 6) is -0.812. The van der Waals surface area contributed by atoms with Crippen molar-refractivity contribution in [3.8, 4) is 0 Å². The molecule has 0 spiro atoms. The first-order valence-corrected chi connectivity index (χ1v) is 7.84. The monoisotopic (exact) mass is 366 g/mol. The van der Waals surface area contributed by atoms with Crippen LogP contribution in [0.4, 0.5) is 11.4 Å². The molecule has 24 heavy (non-hydrogen) atoms. The molecule has 2 N–H and O–H groups in total. The van der Waals surface area contributed by atoms with E-state index in [0.29, 0.717) is 21.3 Å². The first-order valence-electron chi connectivity index (χ1n) is 7.09. The second kappa shape index (κ2) is 8.04. The summed E-state index contributed by atoms with van der Waals surface area (Å²) in [6, 6.07) is 9.93. The molecule has 0 saturated heterocycles. The minimum atomic E-state index is -0.505. The summed E-state index contributed by atoms with van der Waals surface area (Å²) in [5.41, 5.74) is 2.27. The first kappa shape index (κ1) is 18.1. The van der Waals surface area contributed by atoms with E-state index in [1.807, 2.05) is 13.0 Å². The molecule has 0 radical (unpaired) electrons.